The highest BCUT2D eigenvalue weighted by Gasteiger charge is 2.18. The first kappa shape index (κ1) is 24.8. The molecule has 0 aliphatic rings. The van der Waals surface area contributed by atoms with E-state index in [4.69, 9.17) is 0 Å². The van der Waals surface area contributed by atoms with E-state index >= 15 is 0 Å². The van der Waals surface area contributed by atoms with Gasteiger partial charge in [0, 0.05) is 31.4 Å². The normalized spacial score (nSPS) is 12.6. The van der Waals surface area contributed by atoms with Crippen LogP contribution in [0.5, 0.6) is 0 Å². The number of halogens is 1. The molecule has 2 N–H and O–H groups in total. The largest absolute Gasteiger partial charge is 0.356 e. The maximum Gasteiger partial charge on any atom is 0.191 e. The Balaban J connectivity index is 0.00000392. The van der Waals surface area contributed by atoms with Crippen LogP contribution in [0.25, 0.3) is 0 Å². The van der Waals surface area contributed by atoms with Crippen LogP contribution in [0.2, 0.25) is 0 Å². The second-order valence-electron chi connectivity index (χ2n) is 6.53. The van der Waals surface area contributed by atoms with E-state index in [1.807, 2.05) is 7.05 Å². The summed E-state index contributed by atoms with van der Waals surface area (Å²) < 4.78 is 0. The number of nitrogens with one attached hydrogen (secondary N) is 2. The molecule has 0 aliphatic carbocycles. The Morgan fingerprint density at radius 2 is 1.82 bits per heavy atom. The molecule has 0 saturated heterocycles. The van der Waals surface area contributed by atoms with Crippen molar-refractivity contribution >= 4 is 41.3 Å². The maximum atomic E-state index is 4.60. The third-order valence-corrected chi connectivity index (χ3v) is 5.96. The van der Waals surface area contributed by atoms with Crippen LogP contribution in [-0.2, 0) is 6.42 Å². The molecule has 2 aromatic rings. The first-order valence-corrected chi connectivity index (χ1v) is 10.6. The minimum Gasteiger partial charge on any atom is -0.356 e. The summed E-state index contributed by atoms with van der Waals surface area (Å²) in [4.78, 5) is 12.8. The van der Waals surface area contributed by atoms with Crippen molar-refractivity contribution in [2.75, 3.05) is 33.2 Å². The second kappa shape index (κ2) is 13.1. The number of hydrogen-bond acceptors (Lipinski definition) is 4. The second-order valence-corrected chi connectivity index (χ2v) is 7.81. The highest BCUT2D eigenvalue weighted by Crippen LogP contribution is 2.19. The zero-order chi connectivity index (χ0) is 19.6. The Hall–Kier alpha value is -1.19. The number of aromatic nitrogens is 1. The molecule has 0 saturated carbocycles. The van der Waals surface area contributed by atoms with Crippen molar-refractivity contribution in [3.63, 3.8) is 0 Å². The van der Waals surface area contributed by atoms with Crippen LogP contribution in [0.3, 0.4) is 0 Å². The van der Waals surface area contributed by atoms with E-state index in [1.54, 1.807) is 11.3 Å². The minimum atomic E-state index is 0. The first-order valence-electron chi connectivity index (χ1n) is 9.75. The van der Waals surface area contributed by atoms with Crippen molar-refractivity contribution in [2.24, 2.45) is 4.99 Å². The fourth-order valence-corrected chi connectivity index (χ4v) is 4.08. The third kappa shape index (κ3) is 7.33. The van der Waals surface area contributed by atoms with Crippen LogP contribution in [0.15, 0.2) is 35.3 Å². The van der Waals surface area contributed by atoms with Crippen LogP contribution in [0, 0.1) is 13.8 Å². The van der Waals surface area contributed by atoms with E-state index in [0.29, 0.717) is 6.04 Å². The van der Waals surface area contributed by atoms with Gasteiger partial charge < -0.3 is 10.6 Å². The molecule has 156 valence electrons. The molecule has 1 aromatic heterocycles. The van der Waals surface area contributed by atoms with Gasteiger partial charge in [-0.25, -0.2) is 4.98 Å². The van der Waals surface area contributed by atoms with E-state index in [0.717, 1.165) is 44.3 Å². The van der Waals surface area contributed by atoms with Crippen LogP contribution < -0.4 is 10.6 Å². The van der Waals surface area contributed by atoms with Gasteiger partial charge in [-0.2, -0.15) is 0 Å². The van der Waals surface area contributed by atoms with Crippen molar-refractivity contribution in [3.05, 3.63) is 51.5 Å². The zero-order valence-corrected chi connectivity index (χ0v) is 20.8. The van der Waals surface area contributed by atoms with Gasteiger partial charge >= 0.3 is 0 Å². The van der Waals surface area contributed by atoms with Gasteiger partial charge in [0.25, 0.3) is 0 Å². The van der Waals surface area contributed by atoms with E-state index in [2.05, 4.69) is 83.5 Å². The van der Waals surface area contributed by atoms with Crippen LogP contribution >= 0.6 is 35.3 Å². The summed E-state index contributed by atoms with van der Waals surface area (Å²) in [5.41, 5.74) is 2.47. The number of aliphatic imine (C=N–C) groups is 1. The molecule has 2 rings (SSSR count). The zero-order valence-electron chi connectivity index (χ0n) is 17.7. The van der Waals surface area contributed by atoms with E-state index in [1.165, 1.54) is 15.4 Å². The highest BCUT2D eigenvalue weighted by atomic mass is 127. The van der Waals surface area contributed by atoms with Gasteiger partial charge in [-0.15, -0.1) is 35.3 Å². The number of aryl methyl sites for hydroxylation is 2. The lowest BCUT2D eigenvalue weighted by molar-refractivity contribution is 0.219. The van der Waals surface area contributed by atoms with Crippen LogP contribution in [0.4, 0.5) is 0 Å². The molecule has 0 amide bonds. The molecule has 0 spiro atoms. The minimum absolute atomic E-state index is 0. The average molecular weight is 516 g/mol. The predicted octanol–water partition coefficient (Wildman–Crippen LogP) is 4.17. The standard InChI is InChI=1S/C21H33N5S.HI/c1-6-26(7-2)19(18-11-9-8-10-12-18)15-24-21(22-5)23-14-13-20-25-16(3)17(4)27-20;/h8-12,19H,6-7,13-15H2,1-5H3,(H2,22,23,24);1H. The molecule has 1 aromatic carbocycles. The van der Waals surface area contributed by atoms with Gasteiger partial charge in [-0.1, -0.05) is 44.2 Å². The molecule has 1 unspecified atom stereocenters. The quantitative estimate of drug-likeness (QED) is 0.299. The number of likely N-dealkylation sites (N-methyl/N-ethyl adjacent to an activating group) is 1. The predicted molar refractivity (Wildman–Crippen MR) is 132 cm³/mol. The van der Waals surface area contributed by atoms with Gasteiger partial charge in [0.15, 0.2) is 5.96 Å². The van der Waals surface area contributed by atoms with Crippen molar-refractivity contribution in [3.8, 4) is 0 Å². The van der Waals surface area contributed by atoms with Crippen LogP contribution in [-0.4, -0.2) is 49.1 Å². The molecule has 0 radical (unpaired) electrons. The van der Waals surface area contributed by atoms with Gasteiger partial charge in [0.2, 0.25) is 0 Å². The lowest BCUT2D eigenvalue weighted by atomic mass is 10.1. The molecule has 1 heterocycles. The fourth-order valence-electron chi connectivity index (χ4n) is 3.15. The van der Waals surface area contributed by atoms with Gasteiger partial charge in [-0.05, 0) is 32.5 Å². The van der Waals surface area contributed by atoms with E-state index in [9.17, 15) is 0 Å². The van der Waals surface area contributed by atoms with E-state index in [-0.39, 0.29) is 24.0 Å². The number of rotatable bonds is 9. The topological polar surface area (TPSA) is 52.5 Å². The number of thiazole rings is 1. The summed E-state index contributed by atoms with van der Waals surface area (Å²) in [5.74, 6) is 0.841. The number of hydrogen-bond donors (Lipinski definition) is 2. The summed E-state index contributed by atoms with van der Waals surface area (Å²) in [6, 6.07) is 11.0. The summed E-state index contributed by atoms with van der Waals surface area (Å²) in [6.07, 6.45) is 0.915. The van der Waals surface area contributed by atoms with E-state index < -0.39 is 0 Å². The summed E-state index contributed by atoms with van der Waals surface area (Å²) >= 11 is 1.78. The monoisotopic (exact) mass is 515 g/mol. The van der Waals surface area contributed by atoms with Crippen molar-refractivity contribution in [1.82, 2.24) is 20.5 Å². The Labute approximate surface area is 191 Å². The molecule has 5 nitrogen and oxygen atoms in total. The SMILES string of the molecule is CCN(CC)C(CNC(=NC)NCCc1nc(C)c(C)s1)c1ccccc1.I. The highest BCUT2D eigenvalue weighted by molar-refractivity contribution is 14.0. The van der Waals surface area contributed by atoms with Gasteiger partial charge in [-0.3, -0.25) is 9.89 Å². The molecule has 0 bridgehead atoms. The first-order chi connectivity index (χ1) is 13.1. The molecule has 0 aliphatic heterocycles. The third-order valence-electron chi connectivity index (χ3n) is 4.83. The Morgan fingerprint density at radius 1 is 1.14 bits per heavy atom. The summed E-state index contributed by atoms with van der Waals surface area (Å²) in [6.45, 7) is 12.3. The molecule has 7 heteroatoms. The smallest absolute Gasteiger partial charge is 0.191 e. The Morgan fingerprint density at radius 3 is 2.36 bits per heavy atom. The molecular weight excluding hydrogens is 481 g/mol. The number of guanidine groups is 1. The number of benzene rings is 1. The van der Waals surface area contributed by atoms with Gasteiger partial charge in [0.1, 0.15) is 0 Å². The van der Waals surface area contributed by atoms with Crippen molar-refractivity contribution in [1.29, 1.82) is 0 Å². The van der Waals surface area contributed by atoms with Crippen LogP contribution in [0.1, 0.15) is 41.0 Å². The Bertz CT molecular complexity index is 693. The fraction of sp³-hybridized carbons (Fsp3) is 0.524. The lowest BCUT2D eigenvalue weighted by Gasteiger charge is -2.30. The molecule has 0 fully saturated rings. The maximum absolute atomic E-state index is 4.60. The number of nitrogens with zero attached hydrogens (tertiary/aromatic N) is 3. The Kier molecular flexibility index (Phi) is 11.6. The van der Waals surface area contributed by atoms with Crippen molar-refractivity contribution < 1.29 is 0 Å². The molecular formula is C21H34IN5S. The van der Waals surface area contributed by atoms with Crippen molar-refractivity contribution in [2.45, 2.75) is 40.2 Å². The summed E-state index contributed by atoms with van der Waals surface area (Å²) in [5, 5.41) is 8.09. The van der Waals surface area contributed by atoms with Gasteiger partial charge in [0.05, 0.1) is 16.7 Å². The summed E-state index contributed by atoms with van der Waals surface area (Å²) in [7, 11) is 1.82. The lowest BCUT2D eigenvalue weighted by Crippen LogP contribution is -2.43. The average Bonchev–Trinajstić information content (AvgIpc) is 3.01. The molecule has 28 heavy (non-hydrogen) atoms. The molecule has 1 atom stereocenters.